The van der Waals surface area contributed by atoms with E-state index in [2.05, 4.69) is 15.3 Å². The van der Waals surface area contributed by atoms with Gasteiger partial charge in [-0.25, -0.2) is 19.6 Å². The molecule has 0 unspecified atom stereocenters. The lowest BCUT2D eigenvalue weighted by atomic mass is 10.3. The Labute approximate surface area is 134 Å². The Balaban J connectivity index is 2.93. The number of esters is 2. The second kappa shape index (κ2) is 9.39. The fraction of sp³-hybridized carbons (Fsp3) is 0.467. The summed E-state index contributed by atoms with van der Waals surface area (Å²) in [5, 5.41) is 2.74. The number of aryl methyl sites for hydroxylation is 1. The van der Waals surface area contributed by atoms with Crippen LogP contribution in [0.4, 0.5) is 5.82 Å². The molecule has 0 aliphatic heterocycles. The summed E-state index contributed by atoms with van der Waals surface area (Å²) in [6, 6.07) is 0. The van der Waals surface area contributed by atoms with Crippen LogP contribution in [-0.2, 0) is 19.1 Å². The maximum Gasteiger partial charge on any atom is 0.347 e. The molecule has 0 aliphatic rings. The maximum absolute atomic E-state index is 11.8. The van der Waals surface area contributed by atoms with Gasteiger partial charge in [0.25, 0.3) is 0 Å². The molecule has 1 rings (SSSR count). The van der Waals surface area contributed by atoms with Crippen LogP contribution < -0.4 is 10.1 Å². The zero-order valence-corrected chi connectivity index (χ0v) is 13.7. The molecular formula is C15H21N3O5. The molecule has 0 saturated heterocycles. The van der Waals surface area contributed by atoms with Crippen LogP contribution in [0, 0.1) is 6.92 Å². The standard InChI is InChI=1S/C15H21N3O5/c1-5-21-13-10(4)18-12(9-17-13)16-8-11(14(19)22-6-2)15(20)23-7-3/h8-9H,5-7H2,1-4H3,(H,16,18). The fourth-order valence-corrected chi connectivity index (χ4v) is 1.58. The minimum absolute atomic E-state index is 0.150. The highest BCUT2D eigenvalue weighted by Crippen LogP contribution is 2.14. The first kappa shape index (κ1) is 18.4. The first-order valence-corrected chi connectivity index (χ1v) is 7.30. The van der Waals surface area contributed by atoms with Crippen LogP contribution in [-0.4, -0.2) is 41.7 Å². The van der Waals surface area contributed by atoms with Crippen LogP contribution in [0.1, 0.15) is 26.5 Å². The van der Waals surface area contributed by atoms with E-state index in [1.54, 1.807) is 20.8 Å². The molecule has 8 nitrogen and oxygen atoms in total. The number of carbonyl (C=O) groups excluding carboxylic acids is 2. The van der Waals surface area contributed by atoms with Gasteiger partial charge >= 0.3 is 11.9 Å². The molecular weight excluding hydrogens is 302 g/mol. The van der Waals surface area contributed by atoms with Crippen LogP contribution in [0.25, 0.3) is 0 Å². The predicted octanol–water partition coefficient (Wildman–Crippen LogP) is 1.61. The average molecular weight is 323 g/mol. The van der Waals surface area contributed by atoms with Crippen molar-refractivity contribution in [3.8, 4) is 5.88 Å². The van der Waals surface area contributed by atoms with E-state index in [9.17, 15) is 9.59 Å². The second-order valence-electron chi connectivity index (χ2n) is 4.22. The Morgan fingerprint density at radius 1 is 1.13 bits per heavy atom. The Bertz CT molecular complexity index is 566. The number of aromatic nitrogens is 2. The summed E-state index contributed by atoms with van der Waals surface area (Å²) in [6.07, 6.45) is 2.63. The molecule has 0 atom stereocenters. The lowest BCUT2D eigenvalue weighted by Crippen LogP contribution is -2.19. The van der Waals surface area contributed by atoms with Gasteiger partial charge in [-0.05, 0) is 27.7 Å². The van der Waals surface area contributed by atoms with Crippen molar-refractivity contribution < 1.29 is 23.8 Å². The van der Waals surface area contributed by atoms with Crippen molar-refractivity contribution in [1.29, 1.82) is 0 Å². The fourth-order valence-electron chi connectivity index (χ4n) is 1.58. The van der Waals surface area contributed by atoms with Crippen molar-refractivity contribution in [2.24, 2.45) is 0 Å². The normalized spacial score (nSPS) is 9.74. The largest absolute Gasteiger partial charge is 0.477 e. The Kier molecular flexibility index (Phi) is 7.52. The summed E-state index contributed by atoms with van der Waals surface area (Å²) in [5.41, 5.74) is 0.334. The number of hydrogen-bond acceptors (Lipinski definition) is 8. The van der Waals surface area contributed by atoms with Crippen LogP contribution in [0.5, 0.6) is 5.88 Å². The summed E-state index contributed by atoms with van der Waals surface area (Å²) in [6.45, 7) is 7.67. The topological polar surface area (TPSA) is 99.6 Å². The van der Waals surface area contributed by atoms with Crippen LogP contribution >= 0.6 is 0 Å². The molecule has 0 aliphatic carbocycles. The number of nitrogens with zero attached hydrogens (tertiary/aromatic N) is 2. The van der Waals surface area contributed by atoms with Crippen molar-refractivity contribution in [2.75, 3.05) is 25.1 Å². The van der Waals surface area contributed by atoms with E-state index in [4.69, 9.17) is 14.2 Å². The van der Waals surface area contributed by atoms with Gasteiger partial charge in [0.15, 0.2) is 5.57 Å². The van der Waals surface area contributed by atoms with E-state index in [1.807, 2.05) is 6.92 Å². The number of hydrogen-bond donors (Lipinski definition) is 1. The number of ether oxygens (including phenoxy) is 3. The molecule has 0 spiro atoms. The number of anilines is 1. The van der Waals surface area contributed by atoms with E-state index in [0.717, 1.165) is 0 Å². The van der Waals surface area contributed by atoms with Crippen molar-refractivity contribution >= 4 is 17.8 Å². The molecule has 8 heteroatoms. The smallest absolute Gasteiger partial charge is 0.347 e. The van der Waals surface area contributed by atoms with Crippen molar-refractivity contribution in [2.45, 2.75) is 27.7 Å². The molecule has 23 heavy (non-hydrogen) atoms. The Morgan fingerprint density at radius 2 is 1.74 bits per heavy atom. The predicted molar refractivity (Wildman–Crippen MR) is 82.9 cm³/mol. The average Bonchev–Trinajstić information content (AvgIpc) is 2.51. The van der Waals surface area contributed by atoms with E-state index in [1.165, 1.54) is 12.4 Å². The van der Waals surface area contributed by atoms with Crippen molar-refractivity contribution in [3.05, 3.63) is 23.7 Å². The van der Waals surface area contributed by atoms with Gasteiger partial charge in [0, 0.05) is 6.20 Å². The van der Waals surface area contributed by atoms with E-state index < -0.39 is 11.9 Å². The summed E-state index contributed by atoms with van der Waals surface area (Å²) in [4.78, 5) is 31.9. The number of carbonyl (C=O) groups is 2. The minimum Gasteiger partial charge on any atom is -0.477 e. The zero-order chi connectivity index (χ0) is 17.2. The summed E-state index contributed by atoms with van der Waals surface area (Å²) < 4.78 is 15.0. The highest BCUT2D eigenvalue weighted by Gasteiger charge is 2.21. The lowest BCUT2D eigenvalue weighted by molar-refractivity contribution is -0.146. The number of rotatable bonds is 8. The molecule has 1 heterocycles. The highest BCUT2D eigenvalue weighted by atomic mass is 16.6. The van der Waals surface area contributed by atoms with Gasteiger partial charge in [-0.1, -0.05) is 0 Å². The molecule has 0 bridgehead atoms. The highest BCUT2D eigenvalue weighted by molar-refractivity contribution is 6.14. The summed E-state index contributed by atoms with van der Waals surface area (Å²) >= 11 is 0. The summed E-state index contributed by atoms with van der Waals surface area (Å²) in [5.74, 6) is -0.752. The molecule has 0 radical (unpaired) electrons. The van der Waals surface area contributed by atoms with Gasteiger partial charge in [-0.3, -0.25) is 0 Å². The second-order valence-corrected chi connectivity index (χ2v) is 4.22. The third-order valence-electron chi connectivity index (χ3n) is 2.54. The Hall–Kier alpha value is -2.64. The molecule has 0 fully saturated rings. The Morgan fingerprint density at radius 3 is 2.22 bits per heavy atom. The third-order valence-corrected chi connectivity index (χ3v) is 2.54. The molecule has 0 aromatic carbocycles. The molecule has 0 saturated carbocycles. The molecule has 1 aromatic rings. The minimum atomic E-state index is -0.769. The quantitative estimate of drug-likeness (QED) is 0.333. The first-order chi connectivity index (χ1) is 11.0. The van der Waals surface area contributed by atoms with E-state index in [-0.39, 0.29) is 18.8 Å². The van der Waals surface area contributed by atoms with Crippen molar-refractivity contribution in [1.82, 2.24) is 9.97 Å². The molecule has 1 N–H and O–H groups in total. The molecule has 1 aromatic heterocycles. The van der Waals surface area contributed by atoms with Crippen LogP contribution in [0.15, 0.2) is 18.0 Å². The van der Waals surface area contributed by atoms with Gasteiger partial charge < -0.3 is 19.5 Å². The summed E-state index contributed by atoms with van der Waals surface area (Å²) in [7, 11) is 0. The SMILES string of the molecule is CCOC(=O)C(=CNc1cnc(OCC)c(C)n1)C(=O)OCC. The van der Waals surface area contributed by atoms with Gasteiger partial charge in [0.05, 0.1) is 26.0 Å². The van der Waals surface area contributed by atoms with Crippen molar-refractivity contribution in [3.63, 3.8) is 0 Å². The maximum atomic E-state index is 11.8. The lowest BCUT2D eigenvalue weighted by Gasteiger charge is -2.09. The van der Waals surface area contributed by atoms with Gasteiger partial charge in [0.1, 0.15) is 11.5 Å². The van der Waals surface area contributed by atoms with E-state index in [0.29, 0.717) is 24.0 Å². The van der Waals surface area contributed by atoms with Gasteiger partial charge in [-0.2, -0.15) is 0 Å². The molecule has 126 valence electrons. The number of nitrogens with one attached hydrogen (secondary N) is 1. The molecule has 0 amide bonds. The van der Waals surface area contributed by atoms with Crippen LogP contribution in [0.3, 0.4) is 0 Å². The van der Waals surface area contributed by atoms with Gasteiger partial charge in [0.2, 0.25) is 5.88 Å². The van der Waals surface area contributed by atoms with Crippen LogP contribution in [0.2, 0.25) is 0 Å². The monoisotopic (exact) mass is 323 g/mol. The zero-order valence-electron chi connectivity index (χ0n) is 13.7. The first-order valence-electron chi connectivity index (χ1n) is 7.30. The van der Waals surface area contributed by atoms with E-state index >= 15 is 0 Å². The third kappa shape index (κ3) is 5.57. The van der Waals surface area contributed by atoms with Gasteiger partial charge in [-0.15, -0.1) is 0 Å².